The zero-order chi connectivity index (χ0) is 54.2. The molecule has 5 heterocycles. The van der Waals surface area contributed by atoms with Crippen molar-refractivity contribution in [3.05, 3.63) is 11.6 Å². The van der Waals surface area contributed by atoms with Crippen LogP contribution < -0.4 is 0 Å². The molecule has 9 aliphatic rings. The molecule has 31 atom stereocenters. The van der Waals surface area contributed by atoms with Crippen LogP contribution in [0.5, 0.6) is 0 Å². The number of hydrogen-bond donors (Lipinski definition) is 14. The van der Waals surface area contributed by atoms with Gasteiger partial charge in [0.05, 0.1) is 38.6 Å². The van der Waals surface area contributed by atoms with E-state index >= 15 is 0 Å². The molecule has 0 aromatic rings. The number of allylic oxidation sites excluding steroid dienone is 1. The molecule has 4 aliphatic carbocycles. The molecular formula is C51H84O24. The molecule has 24 nitrogen and oxygen atoms in total. The number of aliphatic hydroxyl groups is 14. The Morgan fingerprint density at radius 1 is 0.653 bits per heavy atom. The van der Waals surface area contributed by atoms with Crippen LogP contribution >= 0.6 is 0 Å². The first-order valence-electron chi connectivity index (χ1n) is 27.0. The van der Waals surface area contributed by atoms with E-state index in [9.17, 15) is 71.5 Å². The van der Waals surface area contributed by atoms with Crippen molar-refractivity contribution < 1.29 is 119 Å². The van der Waals surface area contributed by atoms with Gasteiger partial charge in [-0.15, -0.1) is 0 Å². The third kappa shape index (κ3) is 10.6. The summed E-state index contributed by atoms with van der Waals surface area (Å²) in [6.07, 6.45) is -23.5. The van der Waals surface area contributed by atoms with Crippen molar-refractivity contribution in [1.29, 1.82) is 0 Å². The first-order valence-corrected chi connectivity index (χ1v) is 27.0. The molecule has 0 aromatic heterocycles. The highest BCUT2D eigenvalue weighted by atomic mass is 16.8. The summed E-state index contributed by atoms with van der Waals surface area (Å²) >= 11 is 0. The predicted octanol–water partition coefficient (Wildman–Crippen LogP) is -3.42. The van der Waals surface area contributed by atoms with E-state index in [1.165, 1.54) is 5.57 Å². The minimum absolute atomic E-state index is 0.000583. The van der Waals surface area contributed by atoms with Gasteiger partial charge in [0, 0.05) is 19.4 Å². The monoisotopic (exact) mass is 1080 g/mol. The van der Waals surface area contributed by atoms with Crippen LogP contribution in [0.3, 0.4) is 0 Å². The third-order valence-electron chi connectivity index (χ3n) is 19.5. The number of rotatable bonds is 16. The second-order valence-electron chi connectivity index (χ2n) is 23.7. The topological polar surface area (TPSA) is 376 Å². The van der Waals surface area contributed by atoms with Crippen molar-refractivity contribution in [2.45, 2.75) is 226 Å². The summed E-state index contributed by atoms with van der Waals surface area (Å²) in [5, 5.41) is 146. The standard InChI is InChI=1S/C51H84O24/c1-20(18-67-45-40(62)35(57)32(54)28(16-52)70-45)8-13-51(66-5)21(2)31-27(75-51)15-26-24-7-6-22-14-23(9-11-49(22,3)25(24)10-12-50(26,31)4)69-48-43(73-47-42(64)37(59)39(61)44(65)74-47)38(60)34(56)30(72-48)19-68-46-41(63)36(58)33(55)29(17-53)71-46/h6,20-21,23-48,52-65H,7-19H2,1-5H3. The summed E-state index contributed by atoms with van der Waals surface area (Å²) < 4.78 is 60.0. The number of methoxy groups -OCH3 is 1. The van der Waals surface area contributed by atoms with Crippen molar-refractivity contribution in [2.75, 3.05) is 33.5 Å². The largest absolute Gasteiger partial charge is 0.394 e. The first kappa shape index (κ1) is 58.4. The highest BCUT2D eigenvalue weighted by molar-refractivity contribution is 5.26. The van der Waals surface area contributed by atoms with Gasteiger partial charge in [0.25, 0.3) is 0 Å². The molecule has 24 heteroatoms. The van der Waals surface area contributed by atoms with E-state index in [2.05, 4.69) is 26.8 Å². The van der Waals surface area contributed by atoms with E-state index in [1.54, 1.807) is 7.11 Å². The minimum Gasteiger partial charge on any atom is -0.394 e. The molecule has 9 rings (SSSR count). The van der Waals surface area contributed by atoms with Gasteiger partial charge in [-0.05, 0) is 91.8 Å². The van der Waals surface area contributed by atoms with E-state index in [1.807, 2.05) is 6.92 Å². The maximum Gasteiger partial charge on any atom is 0.189 e. The molecule has 31 unspecified atom stereocenters. The molecule has 0 aromatic carbocycles. The quantitative estimate of drug-likeness (QED) is 0.0669. The first-order chi connectivity index (χ1) is 35.5. The van der Waals surface area contributed by atoms with Crippen LogP contribution in [0, 0.1) is 46.3 Å². The fraction of sp³-hybridized carbons (Fsp3) is 0.961. The van der Waals surface area contributed by atoms with Crippen molar-refractivity contribution in [3.8, 4) is 0 Å². The maximum absolute atomic E-state index is 11.6. The van der Waals surface area contributed by atoms with Gasteiger partial charge in [0.2, 0.25) is 0 Å². The molecule has 14 N–H and O–H groups in total. The lowest BCUT2D eigenvalue weighted by Gasteiger charge is -2.58. The van der Waals surface area contributed by atoms with Gasteiger partial charge in [-0.3, -0.25) is 0 Å². The number of fused-ring (bicyclic) bond motifs is 7. The van der Waals surface area contributed by atoms with Gasteiger partial charge in [0.1, 0.15) is 91.6 Å². The van der Waals surface area contributed by atoms with E-state index in [0.29, 0.717) is 43.4 Å². The zero-order valence-electron chi connectivity index (χ0n) is 43.3. The molecule has 3 saturated carbocycles. The van der Waals surface area contributed by atoms with Gasteiger partial charge < -0.3 is 119 Å². The van der Waals surface area contributed by atoms with Gasteiger partial charge >= 0.3 is 0 Å². The lowest BCUT2D eigenvalue weighted by Crippen LogP contribution is -2.65. The maximum atomic E-state index is 11.6. The average molecular weight is 1080 g/mol. The van der Waals surface area contributed by atoms with Crippen LogP contribution in [0.25, 0.3) is 0 Å². The second kappa shape index (κ2) is 23.0. The highest BCUT2D eigenvalue weighted by Crippen LogP contribution is 2.70. The second-order valence-corrected chi connectivity index (χ2v) is 23.7. The Labute approximate surface area is 435 Å². The molecular weight excluding hydrogens is 997 g/mol. The van der Waals surface area contributed by atoms with Crippen LogP contribution in [-0.2, 0) is 47.4 Å². The molecule has 432 valence electrons. The third-order valence-corrected chi connectivity index (χ3v) is 19.5. The molecule has 8 fully saturated rings. The fourth-order valence-corrected chi connectivity index (χ4v) is 15.0. The van der Waals surface area contributed by atoms with Gasteiger partial charge in [-0.1, -0.05) is 39.3 Å². The molecule has 5 saturated heterocycles. The summed E-state index contributed by atoms with van der Waals surface area (Å²) in [5.74, 6) is 0.699. The Bertz CT molecular complexity index is 1930. The number of aliphatic hydroxyl groups excluding tert-OH is 14. The number of ether oxygens (including phenoxy) is 10. The van der Waals surface area contributed by atoms with Gasteiger partial charge in [-0.25, -0.2) is 0 Å². The molecule has 5 aliphatic heterocycles. The lowest BCUT2D eigenvalue weighted by atomic mass is 9.47. The van der Waals surface area contributed by atoms with Crippen molar-refractivity contribution in [1.82, 2.24) is 0 Å². The Morgan fingerprint density at radius 3 is 1.89 bits per heavy atom. The van der Waals surface area contributed by atoms with Crippen molar-refractivity contribution in [2.24, 2.45) is 46.3 Å². The van der Waals surface area contributed by atoms with Crippen LogP contribution in [0.2, 0.25) is 0 Å². The Balaban J connectivity index is 0.849. The normalized spacial score (nSPS) is 54.3. The van der Waals surface area contributed by atoms with Crippen LogP contribution in [0.15, 0.2) is 11.6 Å². The van der Waals surface area contributed by atoms with Gasteiger partial charge in [-0.2, -0.15) is 0 Å². The van der Waals surface area contributed by atoms with E-state index in [-0.39, 0.29) is 41.3 Å². The van der Waals surface area contributed by atoms with E-state index in [0.717, 1.165) is 32.1 Å². The Hall–Kier alpha value is -1.22. The van der Waals surface area contributed by atoms with Crippen LogP contribution in [0.1, 0.15) is 85.5 Å². The average Bonchev–Trinajstić information content (AvgIpc) is 3.91. The predicted molar refractivity (Wildman–Crippen MR) is 252 cm³/mol. The molecule has 0 amide bonds. The van der Waals surface area contributed by atoms with Crippen LogP contribution in [0.4, 0.5) is 0 Å². The highest BCUT2D eigenvalue weighted by Gasteiger charge is 2.68. The molecule has 0 spiro atoms. The molecule has 75 heavy (non-hydrogen) atoms. The smallest absolute Gasteiger partial charge is 0.189 e. The summed E-state index contributed by atoms with van der Waals surface area (Å²) in [7, 11) is 1.70. The zero-order valence-corrected chi connectivity index (χ0v) is 43.3. The van der Waals surface area contributed by atoms with Crippen molar-refractivity contribution >= 4 is 0 Å². The van der Waals surface area contributed by atoms with Crippen molar-refractivity contribution in [3.63, 3.8) is 0 Å². The van der Waals surface area contributed by atoms with Crippen LogP contribution in [-0.4, -0.2) is 246 Å². The number of hydrogen-bond acceptors (Lipinski definition) is 24. The summed E-state index contributed by atoms with van der Waals surface area (Å²) in [6, 6.07) is 0. The van der Waals surface area contributed by atoms with Gasteiger partial charge in [0.15, 0.2) is 37.2 Å². The molecule has 0 radical (unpaired) electrons. The minimum atomic E-state index is -1.97. The fourth-order valence-electron chi connectivity index (χ4n) is 15.0. The molecule has 0 bridgehead atoms. The van der Waals surface area contributed by atoms with E-state index in [4.69, 9.17) is 47.4 Å². The SMILES string of the molecule is COC1(CCC(C)COC2OC(CO)C(O)C(O)C2O)OC2CC3C4CC=C5CC(OC6OC(COC7OC(CO)C(O)C(O)C7O)C(O)C(O)C6OC6OC(O)C(O)C(O)C6O)CCC5(C)C4CCC3(C)C2C1C. The summed E-state index contributed by atoms with van der Waals surface area (Å²) in [6.45, 7) is 7.43. The lowest BCUT2D eigenvalue weighted by molar-refractivity contribution is -0.390. The Morgan fingerprint density at radius 2 is 1.25 bits per heavy atom. The summed E-state index contributed by atoms with van der Waals surface area (Å²) in [5.41, 5.74) is 1.07. The Kier molecular flexibility index (Phi) is 17.9. The summed E-state index contributed by atoms with van der Waals surface area (Å²) in [4.78, 5) is 0. The van der Waals surface area contributed by atoms with E-state index < -0.39 is 155 Å².